The molecule has 3 rings (SSSR count). The molecule has 1 heterocycles. The van der Waals surface area contributed by atoms with Gasteiger partial charge in [-0.3, -0.25) is 19.5 Å². The average Bonchev–Trinajstić information content (AvgIpc) is 2.91. The van der Waals surface area contributed by atoms with Gasteiger partial charge < -0.3 is 14.5 Å². The first-order valence-corrected chi connectivity index (χ1v) is 7.46. The maximum absolute atomic E-state index is 12.2. The van der Waals surface area contributed by atoms with Crippen LogP contribution in [0.3, 0.4) is 0 Å². The van der Waals surface area contributed by atoms with Gasteiger partial charge in [0.2, 0.25) is 5.91 Å². The molecule has 1 aromatic heterocycles. The topological polar surface area (TPSA) is 117 Å². The Labute approximate surface area is 148 Å². The Morgan fingerprint density at radius 3 is 2.59 bits per heavy atom. The largest absolute Gasteiger partial charge is 0.435 e. The number of benzene rings is 2. The highest BCUT2D eigenvalue weighted by atomic mass is 19.3. The van der Waals surface area contributed by atoms with E-state index in [1.807, 2.05) is 0 Å². The molecule has 0 aliphatic carbocycles. The maximum atomic E-state index is 12.2. The van der Waals surface area contributed by atoms with Crippen LogP contribution in [0.4, 0.5) is 20.2 Å². The number of hydrogen-bond donors (Lipinski definition) is 1. The molecule has 0 unspecified atom stereocenters. The molecule has 3 aromatic rings. The summed E-state index contributed by atoms with van der Waals surface area (Å²) in [6.45, 7) is -3.42. The van der Waals surface area contributed by atoms with Gasteiger partial charge in [-0.05, 0) is 30.3 Å². The van der Waals surface area contributed by atoms with Crippen LogP contribution in [0.5, 0.6) is 5.75 Å². The fourth-order valence-corrected chi connectivity index (χ4v) is 2.38. The van der Waals surface area contributed by atoms with E-state index in [-0.39, 0.29) is 28.2 Å². The van der Waals surface area contributed by atoms with Crippen molar-refractivity contribution in [3.05, 3.63) is 63.1 Å². The Hall–Kier alpha value is -3.76. The third-order valence-electron chi connectivity index (χ3n) is 3.53. The number of amides is 1. The molecule has 0 bridgehead atoms. The van der Waals surface area contributed by atoms with Crippen LogP contribution >= 0.6 is 0 Å². The molecular weight excluding hydrogens is 368 g/mol. The van der Waals surface area contributed by atoms with Crippen LogP contribution in [0.2, 0.25) is 0 Å². The third-order valence-corrected chi connectivity index (χ3v) is 3.53. The molecular formula is C16H11F2N3O6. The molecule has 27 heavy (non-hydrogen) atoms. The van der Waals surface area contributed by atoms with Crippen molar-refractivity contribution in [2.24, 2.45) is 0 Å². The molecule has 2 aromatic carbocycles. The Kier molecular flexibility index (Phi) is 4.83. The summed E-state index contributed by atoms with van der Waals surface area (Å²) in [7, 11) is 0. The molecule has 0 aliphatic rings. The summed E-state index contributed by atoms with van der Waals surface area (Å²) < 4.78 is 34.3. The lowest BCUT2D eigenvalue weighted by atomic mass is 10.3. The number of anilines is 1. The second-order valence-electron chi connectivity index (χ2n) is 5.31. The van der Waals surface area contributed by atoms with Gasteiger partial charge in [-0.15, -0.1) is 0 Å². The van der Waals surface area contributed by atoms with Crippen LogP contribution in [0.25, 0.3) is 11.1 Å². The average molecular weight is 379 g/mol. The van der Waals surface area contributed by atoms with Gasteiger partial charge in [-0.2, -0.15) is 8.78 Å². The second-order valence-corrected chi connectivity index (χ2v) is 5.31. The summed E-state index contributed by atoms with van der Waals surface area (Å²) >= 11 is 0. The number of aromatic nitrogens is 1. The maximum Gasteiger partial charge on any atom is 0.420 e. The number of nitro groups is 1. The van der Waals surface area contributed by atoms with Crippen LogP contribution in [0.1, 0.15) is 0 Å². The number of ether oxygens (including phenoxy) is 1. The van der Waals surface area contributed by atoms with E-state index in [1.54, 1.807) is 0 Å². The number of hydrogen-bond acceptors (Lipinski definition) is 6. The fourth-order valence-electron chi connectivity index (χ4n) is 2.38. The molecule has 0 spiro atoms. The minimum Gasteiger partial charge on any atom is -0.435 e. The van der Waals surface area contributed by atoms with Crippen LogP contribution in [-0.2, 0) is 11.3 Å². The van der Waals surface area contributed by atoms with E-state index in [1.165, 1.54) is 36.4 Å². The number of nitro benzene ring substituents is 1. The lowest BCUT2D eigenvalue weighted by molar-refractivity contribution is -0.384. The van der Waals surface area contributed by atoms with Gasteiger partial charge in [0.25, 0.3) is 5.69 Å². The van der Waals surface area contributed by atoms with E-state index < -0.39 is 29.7 Å². The zero-order valence-electron chi connectivity index (χ0n) is 13.4. The normalized spacial score (nSPS) is 10.9. The number of oxazole rings is 1. The first kappa shape index (κ1) is 18.0. The number of nitrogens with one attached hydrogen (secondary N) is 1. The fraction of sp³-hybridized carbons (Fsp3) is 0.125. The van der Waals surface area contributed by atoms with E-state index in [2.05, 4.69) is 10.1 Å². The molecule has 1 N–H and O–H groups in total. The molecule has 140 valence electrons. The lowest BCUT2D eigenvalue weighted by Gasteiger charge is -2.08. The van der Waals surface area contributed by atoms with E-state index >= 15 is 0 Å². The monoisotopic (exact) mass is 379 g/mol. The summed E-state index contributed by atoms with van der Waals surface area (Å²) in [4.78, 5) is 34.3. The number of alkyl halides is 2. The van der Waals surface area contributed by atoms with Crippen LogP contribution in [0, 0.1) is 10.1 Å². The summed E-state index contributed by atoms with van der Waals surface area (Å²) in [5.74, 6) is -1.54. The van der Waals surface area contributed by atoms with Crippen molar-refractivity contribution in [1.29, 1.82) is 0 Å². The Balaban J connectivity index is 1.77. The zero-order valence-corrected chi connectivity index (χ0v) is 13.4. The van der Waals surface area contributed by atoms with Crippen molar-refractivity contribution in [3.8, 4) is 5.75 Å². The number of halogens is 2. The van der Waals surface area contributed by atoms with Gasteiger partial charge in [-0.1, -0.05) is 0 Å². The number of carbonyl (C=O) groups is 1. The van der Waals surface area contributed by atoms with Gasteiger partial charge in [0.1, 0.15) is 12.3 Å². The van der Waals surface area contributed by atoms with Crippen molar-refractivity contribution in [3.63, 3.8) is 0 Å². The molecule has 1 amide bonds. The second kappa shape index (κ2) is 7.23. The molecule has 0 saturated heterocycles. The molecule has 0 saturated carbocycles. The highest BCUT2D eigenvalue weighted by Gasteiger charge is 2.16. The highest BCUT2D eigenvalue weighted by molar-refractivity contribution is 5.91. The number of nitrogens with zero attached hydrogens (tertiary/aromatic N) is 2. The van der Waals surface area contributed by atoms with Gasteiger partial charge in [-0.25, -0.2) is 4.79 Å². The molecule has 0 atom stereocenters. The zero-order chi connectivity index (χ0) is 19.6. The minimum atomic E-state index is -2.96. The van der Waals surface area contributed by atoms with Gasteiger partial charge in [0, 0.05) is 17.8 Å². The predicted molar refractivity (Wildman–Crippen MR) is 88.8 cm³/mol. The van der Waals surface area contributed by atoms with E-state index in [4.69, 9.17) is 4.42 Å². The highest BCUT2D eigenvalue weighted by Crippen LogP contribution is 2.21. The first-order chi connectivity index (χ1) is 12.8. The van der Waals surface area contributed by atoms with Crippen molar-refractivity contribution in [2.45, 2.75) is 13.2 Å². The number of fused-ring (bicyclic) bond motifs is 1. The SMILES string of the molecule is O=C(Cn1c(=O)oc2ccc([N+](=O)[O-])cc21)Nc1ccc(OC(F)F)cc1. The van der Waals surface area contributed by atoms with Crippen LogP contribution < -0.4 is 15.8 Å². The first-order valence-electron chi connectivity index (χ1n) is 7.46. The molecule has 0 fully saturated rings. The summed E-state index contributed by atoms with van der Waals surface area (Å²) in [6, 6.07) is 8.75. The van der Waals surface area contributed by atoms with Crippen LogP contribution in [-0.4, -0.2) is 22.0 Å². The predicted octanol–water partition coefficient (Wildman–Crippen LogP) is 2.74. The van der Waals surface area contributed by atoms with Gasteiger partial charge in [0.15, 0.2) is 5.58 Å². The van der Waals surface area contributed by atoms with Crippen molar-refractivity contribution in [1.82, 2.24) is 4.57 Å². The van der Waals surface area contributed by atoms with Crippen LogP contribution in [0.15, 0.2) is 51.7 Å². The van der Waals surface area contributed by atoms with Gasteiger partial charge in [0.05, 0.1) is 10.4 Å². The Morgan fingerprint density at radius 1 is 1.26 bits per heavy atom. The smallest absolute Gasteiger partial charge is 0.420 e. The molecule has 9 nitrogen and oxygen atoms in total. The quantitative estimate of drug-likeness (QED) is 0.520. The van der Waals surface area contributed by atoms with E-state index in [0.717, 1.165) is 10.6 Å². The number of non-ortho nitro benzene ring substituents is 1. The number of rotatable bonds is 6. The molecule has 11 heteroatoms. The van der Waals surface area contributed by atoms with Crippen molar-refractivity contribution < 1.29 is 27.7 Å². The summed E-state index contributed by atoms with van der Waals surface area (Å²) in [6.07, 6.45) is 0. The van der Waals surface area contributed by atoms with Crippen molar-refractivity contribution >= 4 is 28.4 Å². The summed E-state index contributed by atoms with van der Waals surface area (Å²) in [5.41, 5.74) is 0.234. The minimum absolute atomic E-state index is 0.0765. The van der Waals surface area contributed by atoms with E-state index in [9.17, 15) is 28.5 Å². The van der Waals surface area contributed by atoms with Crippen molar-refractivity contribution in [2.75, 3.05) is 5.32 Å². The standard InChI is InChI=1S/C16H11F2N3O6/c17-15(18)26-11-4-1-9(2-5-11)19-14(22)8-20-12-7-10(21(24)25)3-6-13(12)27-16(20)23/h1-7,15H,8H2,(H,19,22). The Morgan fingerprint density at radius 2 is 1.96 bits per heavy atom. The molecule has 0 aliphatic heterocycles. The third kappa shape index (κ3) is 4.08. The number of carbonyl (C=O) groups excluding carboxylic acids is 1. The molecule has 0 radical (unpaired) electrons. The summed E-state index contributed by atoms with van der Waals surface area (Å²) in [5, 5.41) is 13.3. The van der Waals surface area contributed by atoms with Gasteiger partial charge >= 0.3 is 12.4 Å². The lowest BCUT2D eigenvalue weighted by Crippen LogP contribution is -2.24. The van der Waals surface area contributed by atoms with E-state index in [0.29, 0.717) is 0 Å². The Bertz CT molecular complexity index is 1060.